The molecule has 0 bridgehead atoms. The number of aromatic hydroxyl groups is 1. The number of phenolic OH excluding ortho intramolecular Hbond substituents is 1. The van der Waals surface area contributed by atoms with Crippen molar-refractivity contribution in [2.75, 3.05) is 19.7 Å². The molecule has 1 aromatic carbocycles. The Morgan fingerprint density at radius 2 is 2.06 bits per heavy atom. The zero-order valence-corrected chi connectivity index (χ0v) is 8.81. The SMILES string of the molecule is OCCN(Cc1cccc(O)c1)CC(F)F. The molecule has 0 amide bonds. The molecule has 0 radical (unpaired) electrons. The van der Waals surface area contributed by atoms with E-state index in [-0.39, 0.29) is 25.4 Å². The van der Waals surface area contributed by atoms with Crippen molar-refractivity contribution in [1.82, 2.24) is 4.90 Å². The molecule has 16 heavy (non-hydrogen) atoms. The number of hydrogen-bond acceptors (Lipinski definition) is 3. The molecule has 0 heterocycles. The number of benzene rings is 1. The Labute approximate surface area is 92.9 Å². The van der Waals surface area contributed by atoms with Gasteiger partial charge < -0.3 is 10.2 Å². The highest BCUT2D eigenvalue weighted by Gasteiger charge is 2.12. The molecule has 0 aliphatic carbocycles. The molecule has 2 N–H and O–H groups in total. The summed E-state index contributed by atoms with van der Waals surface area (Å²) in [5, 5.41) is 18.0. The summed E-state index contributed by atoms with van der Waals surface area (Å²) in [5.41, 5.74) is 0.745. The molecule has 0 aromatic heterocycles. The van der Waals surface area contributed by atoms with Crippen LogP contribution in [0.5, 0.6) is 5.75 Å². The van der Waals surface area contributed by atoms with Gasteiger partial charge in [-0.2, -0.15) is 0 Å². The summed E-state index contributed by atoms with van der Waals surface area (Å²) in [6, 6.07) is 6.45. The van der Waals surface area contributed by atoms with E-state index in [1.165, 1.54) is 17.0 Å². The molecule has 0 aliphatic heterocycles. The first kappa shape index (κ1) is 12.9. The van der Waals surface area contributed by atoms with E-state index in [4.69, 9.17) is 5.11 Å². The van der Waals surface area contributed by atoms with Crippen LogP contribution < -0.4 is 0 Å². The molecular weight excluding hydrogens is 216 g/mol. The fourth-order valence-corrected chi connectivity index (χ4v) is 1.48. The molecule has 5 heteroatoms. The van der Waals surface area contributed by atoms with Crippen molar-refractivity contribution < 1.29 is 19.0 Å². The molecule has 3 nitrogen and oxygen atoms in total. The standard InChI is InChI=1S/C11H15F2NO2/c12-11(13)8-14(4-5-15)7-9-2-1-3-10(16)6-9/h1-3,6,11,15-16H,4-5,7-8H2. The molecule has 0 spiro atoms. The van der Waals surface area contributed by atoms with Crippen LogP contribution in [0.15, 0.2) is 24.3 Å². The van der Waals surface area contributed by atoms with Crippen molar-refractivity contribution in [3.8, 4) is 5.75 Å². The van der Waals surface area contributed by atoms with Crippen LogP contribution in [-0.4, -0.2) is 41.2 Å². The summed E-state index contributed by atoms with van der Waals surface area (Å²) < 4.78 is 24.4. The first-order valence-corrected chi connectivity index (χ1v) is 5.01. The van der Waals surface area contributed by atoms with Gasteiger partial charge >= 0.3 is 0 Å². The quantitative estimate of drug-likeness (QED) is 0.778. The third-order valence-corrected chi connectivity index (χ3v) is 2.13. The highest BCUT2D eigenvalue weighted by molar-refractivity contribution is 5.26. The summed E-state index contributed by atoms with van der Waals surface area (Å²) in [6.45, 7) is -0.0545. The average molecular weight is 231 g/mol. The Hall–Kier alpha value is -1.20. The predicted molar refractivity (Wildman–Crippen MR) is 56.5 cm³/mol. The predicted octanol–water partition coefficient (Wildman–Crippen LogP) is 1.45. The van der Waals surface area contributed by atoms with Crippen molar-refractivity contribution in [3.05, 3.63) is 29.8 Å². The lowest BCUT2D eigenvalue weighted by atomic mass is 10.2. The molecular formula is C11H15F2NO2. The number of nitrogens with zero attached hydrogens (tertiary/aromatic N) is 1. The molecule has 0 aliphatic rings. The van der Waals surface area contributed by atoms with Gasteiger partial charge in [0.2, 0.25) is 0 Å². The van der Waals surface area contributed by atoms with Gasteiger partial charge in [-0.3, -0.25) is 4.90 Å². The van der Waals surface area contributed by atoms with E-state index in [9.17, 15) is 13.9 Å². The lowest BCUT2D eigenvalue weighted by molar-refractivity contribution is 0.0746. The van der Waals surface area contributed by atoms with Crippen LogP contribution in [0.3, 0.4) is 0 Å². The van der Waals surface area contributed by atoms with Crippen LogP contribution in [-0.2, 0) is 6.54 Å². The van der Waals surface area contributed by atoms with Gasteiger partial charge in [-0.15, -0.1) is 0 Å². The third-order valence-electron chi connectivity index (χ3n) is 2.13. The van der Waals surface area contributed by atoms with Crippen LogP contribution in [0.2, 0.25) is 0 Å². The van der Waals surface area contributed by atoms with Gasteiger partial charge in [0.1, 0.15) is 5.75 Å². The molecule has 1 aromatic rings. The minimum Gasteiger partial charge on any atom is -0.508 e. The Bertz CT molecular complexity index is 321. The highest BCUT2D eigenvalue weighted by Crippen LogP contribution is 2.13. The normalized spacial score (nSPS) is 11.3. The Balaban J connectivity index is 2.60. The maximum atomic E-state index is 12.2. The van der Waals surface area contributed by atoms with Gasteiger partial charge in [0.15, 0.2) is 0 Å². The van der Waals surface area contributed by atoms with Crippen LogP contribution in [0, 0.1) is 0 Å². The van der Waals surface area contributed by atoms with E-state index >= 15 is 0 Å². The maximum Gasteiger partial charge on any atom is 0.251 e. The zero-order valence-electron chi connectivity index (χ0n) is 8.81. The molecule has 0 saturated carbocycles. The Kier molecular flexibility index (Phi) is 5.14. The van der Waals surface area contributed by atoms with Crippen molar-refractivity contribution in [3.63, 3.8) is 0 Å². The van der Waals surface area contributed by atoms with Crippen molar-refractivity contribution in [2.45, 2.75) is 13.0 Å². The van der Waals surface area contributed by atoms with Gasteiger partial charge in [-0.1, -0.05) is 12.1 Å². The number of aliphatic hydroxyl groups is 1. The van der Waals surface area contributed by atoms with Gasteiger partial charge in [-0.05, 0) is 17.7 Å². The second-order valence-electron chi connectivity index (χ2n) is 3.52. The van der Waals surface area contributed by atoms with E-state index in [0.29, 0.717) is 6.54 Å². The van der Waals surface area contributed by atoms with E-state index in [1.54, 1.807) is 12.1 Å². The van der Waals surface area contributed by atoms with Crippen LogP contribution in [0.25, 0.3) is 0 Å². The van der Waals surface area contributed by atoms with Crippen molar-refractivity contribution in [2.24, 2.45) is 0 Å². The Morgan fingerprint density at radius 3 is 2.62 bits per heavy atom. The maximum absolute atomic E-state index is 12.2. The second-order valence-corrected chi connectivity index (χ2v) is 3.52. The second kappa shape index (κ2) is 6.40. The van der Waals surface area contributed by atoms with E-state index in [0.717, 1.165) is 5.56 Å². The number of phenols is 1. The first-order valence-electron chi connectivity index (χ1n) is 5.01. The molecule has 0 saturated heterocycles. The number of aliphatic hydroxyl groups excluding tert-OH is 1. The minimum absolute atomic E-state index is 0.110. The minimum atomic E-state index is -2.43. The summed E-state index contributed by atoms with van der Waals surface area (Å²) in [7, 11) is 0. The summed E-state index contributed by atoms with van der Waals surface area (Å²) in [4.78, 5) is 1.44. The van der Waals surface area contributed by atoms with Crippen molar-refractivity contribution in [1.29, 1.82) is 0 Å². The average Bonchev–Trinajstić information content (AvgIpc) is 2.16. The Morgan fingerprint density at radius 1 is 1.31 bits per heavy atom. The molecule has 0 unspecified atom stereocenters. The summed E-state index contributed by atoms with van der Waals surface area (Å²) >= 11 is 0. The monoisotopic (exact) mass is 231 g/mol. The third kappa shape index (κ3) is 4.55. The molecule has 90 valence electrons. The van der Waals surface area contributed by atoms with Gasteiger partial charge in [0.25, 0.3) is 6.43 Å². The first-order chi connectivity index (χ1) is 7.61. The van der Waals surface area contributed by atoms with E-state index in [1.807, 2.05) is 0 Å². The lowest BCUT2D eigenvalue weighted by Crippen LogP contribution is -2.31. The van der Waals surface area contributed by atoms with E-state index < -0.39 is 6.43 Å². The van der Waals surface area contributed by atoms with Crippen molar-refractivity contribution >= 4 is 0 Å². The number of halogens is 2. The topological polar surface area (TPSA) is 43.7 Å². The lowest BCUT2D eigenvalue weighted by Gasteiger charge is -2.20. The number of rotatable bonds is 6. The smallest absolute Gasteiger partial charge is 0.251 e. The van der Waals surface area contributed by atoms with Crippen LogP contribution in [0.4, 0.5) is 8.78 Å². The fourth-order valence-electron chi connectivity index (χ4n) is 1.48. The number of hydrogen-bond donors (Lipinski definition) is 2. The van der Waals surface area contributed by atoms with Gasteiger partial charge in [0.05, 0.1) is 13.2 Å². The van der Waals surface area contributed by atoms with E-state index in [2.05, 4.69) is 0 Å². The van der Waals surface area contributed by atoms with Crippen LogP contribution in [0.1, 0.15) is 5.56 Å². The molecule has 0 fully saturated rings. The summed E-state index contributed by atoms with van der Waals surface area (Å²) in [6.07, 6.45) is -2.43. The summed E-state index contributed by atoms with van der Waals surface area (Å²) in [5.74, 6) is 0.110. The van der Waals surface area contributed by atoms with Gasteiger partial charge in [0, 0.05) is 13.1 Å². The zero-order chi connectivity index (χ0) is 12.0. The number of alkyl halides is 2. The van der Waals surface area contributed by atoms with Gasteiger partial charge in [-0.25, -0.2) is 8.78 Å². The highest BCUT2D eigenvalue weighted by atomic mass is 19.3. The molecule has 0 atom stereocenters. The molecule has 1 rings (SSSR count). The van der Waals surface area contributed by atoms with Crippen LogP contribution >= 0.6 is 0 Å². The largest absolute Gasteiger partial charge is 0.508 e. The fraction of sp³-hybridized carbons (Fsp3) is 0.455.